The molecular formula is C13H27N3O2S. The zero-order valence-electron chi connectivity index (χ0n) is 12.1. The third-order valence-electron chi connectivity index (χ3n) is 4.29. The molecule has 2 atom stereocenters. The van der Waals surface area contributed by atoms with Gasteiger partial charge in [0.2, 0.25) is 0 Å². The van der Waals surface area contributed by atoms with Gasteiger partial charge < -0.3 is 5.32 Å². The molecule has 6 heteroatoms. The molecule has 2 unspecified atom stereocenters. The number of hydrogen-bond donors (Lipinski definition) is 1. The van der Waals surface area contributed by atoms with Crippen LogP contribution in [0.25, 0.3) is 0 Å². The summed E-state index contributed by atoms with van der Waals surface area (Å²) >= 11 is 0. The van der Waals surface area contributed by atoms with Gasteiger partial charge in [0.05, 0.1) is 0 Å². The molecule has 0 radical (unpaired) electrons. The molecule has 0 aromatic rings. The maximum atomic E-state index is 12.8. The number of nitrogens with zero attached hydrogens (tertiary/aromatic N) is 2. The second-order valence-corrected chi connectivity index (χ2v) is 7.51. The molecule has 2 rings (SSSR count). The van der Waals surface area contributed by atoms with Gasteiger partial charge in [0.1, 0.15) is 0 Å². The highest BCUT2D eigenvalue weighted by Crippen LogP contribution is 2.27. The summed E-state index contributed by atoms with van der Waals surface area (Å²) in [5.74, 6) is 0. The van der Waals surface area contributed by atoms with E-state index in [-0.39, 0.29) is 12.1 Å². The minimum absolute atomic E-state index is 0.131. The summed E-state index contributed by atoms with van der Waals surface area (Å²) in [6.07, 6.45) is 5.09. The minimum atomic E-state index is -3.26. The maximum Gasteiger partial charge on any atom is 0.282 e. The van der Waals surface area contributed by atoms with E-state index in [1.165, 1.54) is 0 Å². The number of nitrogens with one attached hydrogen (secondary N) is 1. The van der Waals surface area contributed by atoms with E-state index in [1.807, 2.05) is 6.92 Å². The molecule has 2 fully saturated rings. The third-order valence-corrected chi connectivity index (χ3v) is 6.50. The zero-order chi connectivity index (χ0) is 13.9. The van der Waals surface area contributed by atoms with Crippen LogP contribution in [-0.4, -0.2) is 55.3 Å². The lowest BCUT2D eigenvalue weighted by molar-refractivity contribution is 0.225. The number of piperidine rings is 1. The van der Waals surface area contributed by atoms with Crippen LogP contribution in [0.5, 0.6) is 0 Å². The fourth-order valence-electron chi connectivity index (χ4n) is 3.18. The highest BCUT2D eigenvalue weighted by Gasteiger charge is 2.39. The van der Waals surface area contributed by atoms with E-state index in [2.05, 4.69) is 12.2 Å². The van der Waals surface area contributed by atoms with Gasteiger partial charge in [-0.2, -0.15) is 17.0 Å². The SMILES string of the molecule is CCNCC1CCCCN1S(=O)(=O)N1CCCC1C. The molecule has 112 valence electrons. The largest absolute Gasteiger partial charge is 0.315 e. The minimum Gasteiger partial charge on any atom is -0.315 e. The molecule has 2 saturated heterocycles. The van der Waals surface area contributed by atoms with Crippen LogP contribution in [0.3, 0.4) is 0 Å². The Bertz CT molecular complexity index is 385. The Labute approximate surface area is 117 Å². The number of rotatable bonds is 5. The Morgan fingerprint density at radius 3 is 2.47 bits per heavy atom. The Kier molecular flexibility index (Phi) is 5.22. The first-order chi connectivity index (χ1) is 9.07. The summed E-state index contributed by atoms with van der Waals surface area (Å²) in [7, 11) is -3.26. The van der Waals surface area contributed by atoms with Crippen LogP contribution in [0.1, 0.15) is 46.0 Å². The van der Waals surface area contributed by atoms with Crippen molar-refractivity contribution in [2.75, 3.05) is 26.2 Å². The molecule has 0 bridgehead atoms. The average molecular weight is 289 g/mol. The van der Waals surface area contributed by atoms with Gasteiger partial charge in [0, 0.05) is 31.7 Å². The molecular weight excluding hydrogens is 262 g/mol. The Morgan fingerprint density at radius 1 is 1.11 bits per heavy atom. The van der Waals surface area contributed by atoms with Crippen molar-refractivity contribution in [3.63, 3.8) is 0 Å². The topological polar surface area (TPSA) is 52.7 Å². The molecule has 1 N–H and O–H groups in total. The van der Waals surface area contributed by atoms with Gasteiger partial charge in [-0.15, -0.1) is 0 Å². The number of likely N-dealkylation sites (N-methyl/N-ethyl adjacent to an activating group) is 1. The van der Waals surface area contributed by atoms with Crippen molar-refractivity contribution < 1.29 is 8.42 Å². The van der Waals surface area contributed by atoms with Gasteiger partial charge >= 0.3 is 0 Å². The molecule has 0 aromatic heterocycles. The summed E-state index contributed by atoms with van der Waals surface area (Å²) < 4.78 is 29.0. The Hall–Kier alpha value is -0.170. The van der Waals surface area contributed by atoms with E-state index in [0.29, 0.717) is 13.1 Å². The van der Waals surface area contributed by atoms with Crippen LogP contribution in [0.2, 0.25) is 0 Å². The van der Waals surface area contributed by atoms with Crippen LogP contribution in [-0.2, 0) is 10.2 Å². The van der Waals surface area contributed by atoms with Crippen LogP contribution in [0.4, 0.5) is 0 Å². The fraction of sp³-hybridized carbons (Fsp3) is 1.00. The smallest absolute Gasteiger partial charge is 0.282 e. The predicted molar refractivity (Wildman–Crippen MR) is 77.2 cm³/mol. The van der Waals surface area contributed by atoms with Crippen molar-refractivity contribution in [3.8, 4) is 0 Å². The van der Waals surface area contributed by atoms with Crippen molar-refractivity contribution in [1.82, 2.24) is 13.9 Å². The van der Waals surface area contributed by atoms with Crippen molar-refractivity contribution in [2.45, 2.75) is 58.0 Å². The summed E-state index contributed by atoms with van der Waals surface area (Å²) in [6.45, 7) is 7.12. The van der Waals surface area contributed by atoms with E-state index >= 15 is 0 Å². The van der Waals surface area contributed by atoms with Gasteiger partial charge in [-0.3, -0.25) is 0 Å². The molecule has 2 aliphatic rings. The molecule has 0 amide bonds. The van der Waals surface area contributed by atoms with E-state index in [4.69, 9.17) is 0 Å². The van der Waals surface area contributed by atoms with Crippen molar-refractivity contribution in [2.24, 2.45) is 0 Å². The molecule has 0 aliphatic carbocycles. The van der Waals surface area contributed by atoms with Crippen molar-refractivity contribution in [3.05, 3.63) is 0 Å². The standard InChI is InChI=1S/C13H27N3O2S/c1-3-14-11-13-8-4-5-9-16(13)19(17,18)15-10-6-7-12(15)2/h12-14H,3-11H2,1-2H3. The first-order valence-electron chi connectivity index (χ1n) is 7.56. The zero-order valence-corrected chi connectivity index (χ0v) is 13.0. The fourth-order valence-corrected chi connectivity index (χ4v) is 5.28. The lowest BCUT2D eigenvalue weighted by Crippen LogP contribution is -2.54. The lowest BCUT2D eigenvalue weighted by atomic mass is 10.1. The summed E-state index contributed by atoms with van der Waals surface area (Å²) in [5, 5.41) is 3.30. The molecule has 0 aromatic carbocycles. The van der Waals surface area contributed by atoms with Crippen molar-refractivity contribution >= 4 is 10.2 Å². The molecule has 0 saturated carbocycles. The monoisotopic (exact) mass is 289 g/mol. The van der Waals surface area contributed by atoms with E-state index in [0.717, 1.165) is 45.2 Å². The third kappa shape index (κ3) is 3.29. The van der Waals surface area contributed by atoms with Gasteiger partial charge in [-0.1, -0.05) is 13.3 Å². The van der Waals surface area contributed by atoms with Crippen LogP contribution in [0.15, 0.2) is 0 Å². The summed E-state index contributed by atoms with van der Waals surface area (Å²) in [5.41, 5.74) is 0. The van der Waals surface area contributed by atoms with Gasteiger partial charge in [-0.05, 0) is 39.2 Å². The van der Waals surface area contributed by atoms with E-state index in [9.17, 15) is 8.42 Å². The van der Waals surface area contributed by atoms with Gasteiger partial charge in [0.25, 0.3) is 10.2 Å². The van der Waals surface area contributed by atoms with Crippen LogP contribution in [0, 0.1) is 0 Å². The second-order valence-electron chi connectivity index (χ2n) is 5.68. The first kappa shape index (κ1) is 15.2. The molecule has 5 nitrogen and oxygen atoms in total. The molecule has 0 spiro atoms. The summed E-state index contributed by atoms with van der Waals surface area (Å²) in [6, 6.07) is 0.290. The van der Waals surface area contributed by atoms with Gasteiger partial charge in [-0.25, -0.2) is 0 Å². The average Bonchev–Trinajstić information content (AvgIpc) is 2.83. The Morgan fingerprint density at radius 2 is 1.84 bits per heavy atom. The summed E-state index contributed by atoms with van der Waals surface area (Å²) in [4.78, 5) is 0. The maximum absolute atomic E-state index is 12.8. The highest BCUT2D eigenvalue weighted by molar-refractivity contribution is 7.86. The van der Waals surface area contributed by atoms with Gasteiger partial charge in [0.15, 0.2) is 0 Å². The highest BCUT2D eigenvalue weighted by atomic mass is 32.2. The first-order valence-corrected chi connectivity index (χ1v) is 8.96. The quantitative estimate of drug-likeness (QED) is 0.827. The van der Waals surface area contributed by atoms with E-state index in [1.54, 1.807) is 8.61 Å². The number of hydrogen-bond acceptors (Lipinski definition) is 3. The predicted octanol–water partition coefficient (Wildman–Crippen LogP) is 1.18. The van der Waals surface area contributed by atoms with Crippen LogP contribution >= 0.6 is 0 Å². The van der Waals surface area contributed by atoms with Crippen molar-refractivity contribution in [1.29, 1.82) is 0 Å². The lowest BCUT2D eigenvalue weighted by Gasteiger charge is -2.38. The molecule has 2 heterocycles. The van der Waals surface area contributed by atoms with E-state index < -0.39 is 10.2 Å². The molecule has 2 aliphatic heterocycles. The normalized spacial score (nSPS) is 30.8. The Balaban J connectivity index is 2.11. The molecule has 19 heavy (non-hydrogen) atoms. The van der Waals surface area contributed by atoms with Crippen LogP contribution < -0.4 is 5.32 Å². The second kappa shape index (κ2) is 6.52.